The zero-order valence-corrected chi connectivity index (χ0v) is 15.9. The van der Waals surface area contributed by atoms with Crippen LogP contribution >= 0.6 is 15.9 Å². The Morgan fingerprint density at radius 1 is 1.16 bits per heavy atom. The lowest BCUT2D eigenvalue weighted by Gasteiger charge is -2.13. The largest absolute Gasteiger partial charge is 0.497 e. The van der Waals surface area contributed by atoms with Crippen molar-refractivity contribution in [2.24, 2.45) is 0 Å². The maximum atomic E-state index is 11.4. The Morgan fingerprint density at radius 3 is 2.48 bits per heavy atom. The minimum atomic E-state index is -0.935. The molecule has 0 saturated carbocycles. The molecular weight excluding hydrogens is 386 g/mol. The van der Waals surface area contributed by atoms with Crippen molar-refractivity contribution in [3.8, 4) is 11.5 Å². The van der Waals surface area contributed by atoms with Crippen LogP contribution in [0.25, 0.3) is 0 Å². The van der Waals surface area contributed by atoms with Gasteiger partial charge < -0.3 is 19.9 Å². The van der Waals surface area contributed by atoms with E-state index in [1.807, 2.05) is 37.3 Å². The molecule has 25 heavy (non-hydrogen) atoms. The number of aromatic carboxylic acids is 1. The second-order valence-electron chi connectivity index (χ2n) is 5.63. The van der Waals surface area contributed by atoms with E-state index < -0.39 is 5.97 Å². The SMILES string of the molecule is COc1ccc(OCCCCNc2c(Br)cc(C)cc2C(=O)O)cc1. The van der Waals surface area contributed by atoms with Crippen molar-refractivity contribution >= 4 is 27.6 Å². The fourth-order valence-electron chi connectivity index (χ4n) is 2.39. The Kier molecular flexibility index (Phi) is 7.13. The summed E-state index contributed by atoms with van der Waals surface area (Å²) in [5.74, 6) is 0.674. The van der Waals surface area contributed by atoms with Gasteiger partial charge in [0.05, 0.1) is 25.0 Å². The van der Waals surface area contributed by atoms with Crippen LogP contribution < -0.4 is 14.8 Å². The monoisotopic (exact) mass is 407 g/mol. The lowest BCUT2D eigenvalue weighted by Crippen LogP contribution is -2.10. The molecule has 6 heteroatoms. The number of unbranched alkanes of at least 4 members (excludes halogenated alkanes) is 1. The maximum Gasteiger partial charge on any atom is 0.337 e. The molecule has 0 spiro atoms. The van der Waals surface area contributed by atoms with Gasteiger partial charge in [0.2, 0.25) is 0 Å². The van der Waals surface area contributed by atoms with E-state index in [0.29, 0.717) is 18.8 Å². The lowest BCUT2D eigenvalue weighted by atomic mass is 10.1. The Hall–Kier alpha value is -2.21. The topological polar surface area (TPSA) is 67.8 Å². The van der Waals surface area contributed by atoms with Gasteiger partial charge in [0.15, 0.2) is 0 Å². The summed E-state index contributed by atoms with van der Waals surface area (Å²) in [6, 6.07) is 11.0. The Morgan fingerprint density at radius 2 is 1.84 bits per heavy atom. The van der Waals surface area contributed by atoms with Gasteiger partial charge in [-0.1, -0.05) is 0 Å². The fourth-order valence-corrected chi connectivity index (χ4v) is 3.11. The summed E-state index contributed by atoms with van der Waals surface area (Å²) in [7, 11) is 1.63. The second kappa shape index (κ2) is 9.32. The number of carboxylic acid groups (broad SMARTS) is 1. The number of carboxylic acids is 1. The van der Waals surface area contributed by atoms with Gasteiger partial charge in [-0.3, -0.25) is 0 Å². The molecule has 2 N–H and O–H groups in total. The van der Waals surface area contributed by atoms with Crippen molar-refractivity contribution < 1.29 is 19.4 Å². The summed E-state index contributed by atoms with van der Waals surface area (Å²) in [5, 5.41) is 12.5. The number of ether oxygens (including phenoxy) is 2. The predicted octanol–water partition coefficient (Wildman–Crippen LogP) is 4.74. The number of methoxy groups -OCH3 is 1. The van der Waals surface area contributed by atoms with E-state index >= 15 is 0 Å². The molecule has 0 bridgehead atoms. The van der Waals surface area contributed by atoms with E-state index in [-0.39, 0.29) is 5.56 Å². The zero-order chi connectivity index (χ0) is 18.2. The van der Waals surface area contributed by atoms with Crippen LogP contribution in [0.3, 0.4) is 0 Å². The third kappa shape index (κ3) is 5.67. The average Bonchev–Trinajstić information content (AvgIpc) is 2.59. The summed E-state index contributed by atoms with van der Waals surface area (Å²) < 4.78 is 11.5. The molecular formula is C19H22BrNO4. The van der Waals surface area contributed by atoms with Crippen molar-refractivity contribution in [2.45, 2.75) is 19.8 Å². The molecule has 5 nitrogen and oxygen atoms in total. The number of halogens is 1. The fraction of sp³-hybridized carbons (Fsp3) is 0.316. The molecule has 0 fully saturated rings. The van der Waals surface area contributed by atoms with E-state index in [1.54, 1.807) is 13.2 Å². The highest BCUT2D eigenvalue weighted by molar-refractivity contribution is 9.10. The van der Waals surface area contributed by atoms with Gasteiger partial charge in [-0.15, -0.1) is 0 Å². The van der Waals surface area contributed by atoms with Gasteiger partial charge in [-0.25, -0.2) is 4.79 Å². The van der Waals surface area contributed by atoms with Gasteiger partial charge in [0.25, 0.3) is 0 Å². The number of hydrogen-bond donors (Lipinski definition) is 2. The van der Waals surface area contributed by atoms with E-state index in [0.717, 1.165) is 34.4 Å². The molecule has 0 radical (unpaired) electrons. The van der Waals surface area contributed by atoms with Crippen molar-refractivity contribution in [2.75, 3.05) is 25.6 Å². The van der Waals surface area contributed by atoms with Gasteiger partial charge in [-0.05, 0) is 77.7 Å². The number of carbonyl (C=O) groups is 1. The summed E-state index contributed by atoms with van der Waals surface area (Å²) in [6.07, 6.45) is 1.74. The smallest absolute Gasteiger partial charge is 0.337 e. The molecule has 0 atom stereocenters. The van der Waals surface area contributed by atoms with Crippen LogP contribution in [0.2, 0.25) is 0 Å². The molecule has 0 unspecified atom stereocenters. The van der Waals surface area contributed by atoms with Crippen molar-refractivity contribution in [1.82, 2.24) is 0 Å². The first-order valence-corrected chi connectivity index (χ1v) is 8.84. The van der Waals surface area contributed by atoms with Crippen LogP contribution in [-0.4, -0.2) is 31.3 Å². The second-order valence-corrected chi connectivity index (χ2v) is 6.49. The highest BCUT2D eigenvalue weighted by Crippen LogP contribution is 2.28. The van der Waals surface area contributed by atoms with E-state index in [2.05, 4.69) is 21.2 Å². The molecule has 0 aliphatic heterocycles. The molecule has 2 aromatic rings. The van der Waals surface area contributed by atoms with Gasteiger partial charge in [0.1, 0.15) is 11.5 Å². The molecule has 2 rings (SSSR count). The standard InChI is InChI=1S/C19H22BrNO4/c1-13-11-16(19(22)23)18(17(20)12-13)21-9-3-4-10-25-15-7-5-14(24-2)6-8-15/h5-8,11-12,21H,3-4,9-10H2,1-2H3,(H,22,23). The third-order valence-electron chi connectivity index (χ3n) is 3.67. The number of benzene rings is 2. The zero-order valence-electron chi connectivity index (χ0n) is 14.3. The highest BCUT2D eigenvalue weighted by Gasteiger charge is 2.13. The summed E-state index contributed by atoms with van der Waals surface area (Å²) >= 11 is 3.43. The van der Waals surface area contributed by atoms with Crippen LogP contribution in [0.1, 0.15) is 28.8 Å². The van der Waals surface area contributed by atoms with Crippen LogP contribution in [0.15, 0.2) is 40.9 Å². The quantitative estimate of drug-likeness (QED) is 0.587. The molecule has 0 aliphatic rings. The van der Waals surface area contributed by atoms with Gasteiger partial charge in [0, 0.05) is 11.0 Å². The predicted molar refractivity (Wildman–Crippen MR) is 102 cm³/mol. The molecule has 0 aromatic heterocycles. The molecule has 0 saturated heterocycles. The van der Waals surface area contributed by atoms with Crippen molar-refractivity contribution in [3.63, 3.8) is 0 Å². The molecule has 0 heterocycles. The van der Waals surface area contributed by atoms with Crippen LogP contribution in [-0.2, 0) is 0 Å². The summed E-state index contributed by atoms with van der Waals surface area (Å²) in [4.78, 5) is 11.4. The lowest BCUT2D eigenvalue weighted by molar-refractivity contribution is 0.0697. The average molecular weight is 408 g/mol. The Labute approximate surface area is 156 Å². The first-order valence-electron chi connectivity index (χ1n) is 8.05. The number of nitrogens with one attached hydrogen (secondary N) is 1. The highest BCUT2D eigenvalue weighted by atomic mass is 79.9. The first kappa shape index (κ1) is 19.1. The van der Waals surface area contributed by atoms with E-state index in [4.69, 9.17) is 9.47 Å². The maximum absolute atomic E-state index is 11.4. The van der Waals surface area contributed by atoms with E-state index in [1.165, 1.54) is 0 Å². The summed E-state index contributed by atoms with van der Waals surface area (Å²) in [5.41, 5.74) is 1.80. The summed E-state index contributed by atoms with van der Waals surface area (Å²) in [6.45, 7) is 3.15. The van der Waals surface area contributed by atoms with Crippen molar-refractivity contribution in [3.05, 3.63) is 52.0 Å². The minimum absolute atomic E-state index is 0.279. The number of anilines is 1. The van der Waals surface area contributed by atoms with Crippen molar-refractivity contribution in [1.29, 1.82) is 0 Å². The van der Waals surface area contributed by atoms with E-state index in [9.17, 15) is 9.90 Å². The Balaban J connectivity index is 1.77. The normalized spacial score (nSPS) is 10.4. The van der Waals surface area contributed by atoms with Gasteiger partial charge in [-0.2, -0.15) is 0 Å². The molecule has 0 aliphatic carbocycles. The Bertz CT molecular complexity index is 716. The van der Waals surface area contributed by atoms with Crippen LogP contribution in [0, 0.1) is 6.92 Å². The minimum Gasteiger partial charge on any atom is -0.497 e. The van der Waals surface area contributed by atoms with Gasteiger partial charge >= 0.3 is 5.97 Å². The first-order chi connectivity index (χ1) is 12.0. The number of aryl methyl sites for hydroxylation is 1. The van der Waals surface area contributed by atoms with Crippen LogP contribution in [0.5, 0.6) is 11.5 Å². The third-order valence-corrected chi connectivity index (χ3v) is 4.29. The molecule has 0 amide bonds. The number of rotatable bonds is 9. The molecule has 2 aromatic carbocycles. The number of hydrogen-bond acceptors (Lipinski definition) is 4. The molecule has 134 valence electrons. The van der Waals surface area contributed by atoms with Crippen LogP contribution in [0.4, 0.5) is 5.69 Å².